The number of fused-ring (bicyclic) bond motifs is 1. The van der Waals surface area contributed by atoms with Crippen LogP contribution in [-0.2, 0) is 0 Å². The van der Waals surface area contributed by atoms with Gasteiger partial charge < -0.3 is 11.1 Å². The fraction of sp³-hybridized carbons (Fsp3) is 0.323. The number of para-hydroxylation sites is 1. The van der Waals surface area contributed by atoms with Crippen LogP contribution in [0.3, 0.4) is 0 Å². The molecule has 8 heteroatoms. The Morgan fingerprint density at radius 1 is 1.10 bits per heavy atom. The van der Waals surface area contributed by atoms with Gasteiger partial charge in [0.2, 0.25) is 5.95 Å². The van der Waals surface area contributed by atoms with Crippen molar-refractivity contribution in [3.8, 4) is 11.3 Å². The second-order valence-corrected chi connectivity index (χ2v) is 10.2. The van der Waals surface area contributed by atoms with Crippen molar-refractivity contribution in [1.82, 2.24) is 9.97 Å². The van der Waals surface area contributed by atoms with Gasteiger partial charge in [0.1, 0.15) is 23.2 Å². The Bertz CT molecular complexity index is 1420. The maximum atomic E-state index is 15.0. The first-order chi connectivity index (χ1) is 18.6. The van der Waals surface area contributed by atoms with Gasteiger partial charge in [0.15, 0.2) is 5.82 Å². The molecule has 6 nitrogen and oxygen atoms in total. The topological polar surface area (TPSA) is 79.4 Å². The molecule has 0 radical (unpaired) electrons. The van der Waals surface area contributed by atoms with E-state index < -0.39 is 11.6 Å². The molecule has 3 aromatic rings. The minimum absolute atomic E-state index is 0.0640. The van der Waals surface area contributed by atoms with Crippen LogP contribution >= 0.6 is 0 Å². The number of benzene rings is 2. The predicted molar refractivity (Wildman–Crippen MR) is 157 cm³/mol. The Balaban J connectivity index is 1.94. The number of nitrogens with one attached hydrogen (secondary N) is 1. The molecule has 0 fully saturated rings. The van der Waals surface area contributed by atoms with Gasteiger partial charge >= 0.3 is 0 Å². The molecule has 0 amide bonds. The summed E-state index contributed by atoms with van der Waals surface area (Å²) in [5, 5.41) is 3.28. The molecule has 4 rings (SSSR count). The van der Waals surface area contributed by atoms with E-state index in [4.69, 9.17) is 15.7 Å². The maximum Gasteiger partial charge on any atom is 0.225 e. The maximum absolute atomic E-state index is 15.0. The van der Waals surface area contributed by atoms with E-state index in [2.05, 4.69) is 37.7 Å². The van der Waals surface area contributed by atoms with E-state index in [1.165, 1.54) is 23.1 Å². The lowest BCUT2D eigenvalue weighted by Gasteiger charge is -2.30. The first kappa shape index (κ1) is 28.0. The highest BCUT2D eigenvalue weighted by Crippen LogP contribution is 2.42. The average Bonchev–Trinajstić information content (AvgIpc) is 2.89. The molecular formula is C31H36F2N6. The molecule has 0 saturated heterocycles. The first-order valence-corrected chi connectivity index (χ1v) is 13.3. The summed E-state index contributed by atoms with van der Waals surface area (Å²) in [6.45, 7) is 15.0. The normalized spacial score (nSPS) is 14.1. The Labute approximate surface area is 229 Å². The van der Waals surface area contributed by atoms with E-state index in [0.717, 1.165) is 29.5 Å². The third-order valence-electron chi connectivity index (χ3n) is 6.94. The number of aromatic nitrogens is 2. The number of amidine groups is 1. The molecule has 1 atom stereocenters. The molecule has 1 unspecified atom stereocenters. The number of nitrogens with zero attached hydrogens (tertiary/aromatic N) is 4. The number of allylic oxidation sites excluding steroid dienone is 1. The van der Waals surface area contributed by atoms with Crippen molar-refractivity contribution in [1.29, 1.82) is 0 Å². The standard InChI is InChI=1S/C31H36F2N6/c1-7-8-16-35-31-37-27(24-17-22(14-12-19(24)4)29(34)36-21(6)18(2)3)23-15-13-20(5)39(30(23)38-31)28-25(32)10-9-11-26(28)33/h9-15,17-18,21H,5,7-8,16H2,1-4,6H3,(H2,34,36)(H,35,37,38). The van der Waals surface area contributed by atoms with E-state index in [0.29, 0.717) is 47.0 Å². The van der Waals surface area contributed by atoms with Crippen molar-refractivity contribution in [3.63, 3.8) is 0 Å². The minimum Gasteiger partial charge on any atom is -0.383 e. The molecule has 1 aliphatic rings. The lowest BCUT2D eigenvalue weighted by atomic mass is 9.96. The molecular weight excluding hydrogens is 494 g/mol. The van der Waals surface area contributed by atoms with E-state index in [9.17, 15) is 0 Å². The van der Waals surface area contributed by atoms with Crippen LogP contribution < -0.4 is 16.0 Å². The molecule has 0 bridgehead atoms. The van der Waals surface area contributed by atoms with E-state index in [1.54, 1.807) is 6.08 Å². The molecule has 0 aliphatic carbocycles. The van der Waals surface area contributed by atoms with Gasteiger partial charge in [-0.2, -0.15) is 4.98 Å². The van der Waals surface area contributed by atoms with Crippen LogP contribution in [0.1, 0.15) is 57.2 Å². The third-order valence-corrected chi connectivity index (χ3v) is 6.94. The third kappa shape index (κ3) is 5.85. The zero-order valence-electron chi connectivity index (χ0n) is 23.2. The van der Waals surface area contributed by atoms with Crippen molar-refractivity contribution in [2.75, 3.05) is 16.8 Å². The van der Waals surface area contributed by atoms with Gasteiger partial charge in [0.25, 0.3) is 0 Å². The second-order valence-electron chi connectivity index (χ2n) is 10.2. The van der Waals surface area contributed by atoms with E-state index in [-0.39, 0.29) is 11.7 Å². The first-order valence-electron chi connectivity index (χ1n) is 13.3. The van der Waals surface area contributed by atoms with Crippen LogP contribution in [-0.4, -0.2) is 28.4 Å². The van der Waals surface area contributed by atoms with Gasteiger partial charge in [0, 0.05) is 28.9 Å². The Hall–Kier alpha value is -4.07. The summed E-state index contributed by atoms with van der Waals surface area (Å²) in [5.74, 6) is 0.0824. The molecule has 1 aliphatic heterocycles. The highest BCUT2D eigenvalue weighted by atomic mass is 19.1. The monoisotopic (exact) mass is 530 g/mol. The predicted octanol–water partition coefficient (Wildman–Crippen LogP) is 7.37. The van der Waals surface area contributed by atoms with E-state index in [1.807, 2.05) is 38.1 Å². The zero-order chi connectivity index (χ0) is 28.3. The zero-order valence-corrected chi connectivity index (χ0v) is 23.2. The van der Waals surface area contributed by atoms with Crippen LogP contribution in [0.4, 0.5) is 26.2 Å². The van der Waals surface area contributed by atoms with Gasteiger partial charge in [-0.1, -0.05) is 52.0 Å². The smallest absolute Gasteiger partial charge is 0.225 e. The largest absolute Gasteiger partial charge is 0.383 e. The molecule has 3 N–H and O–H groups in total. The number of rotatable bonds is 9. The fourth-order valence-corrected chi connectivity index (χ4v) is 4.26. The number of hydrogen-bond donors (Lipinski definition) is 2. The number of nitrogens with two attached hydrogens (primary N) is 1. The summed E-state index contributed by atoms with van der Waals surface area (Å²) in [6.07, 6.45) is 5.46. The number of hydrogen-bond acceptors (Lipinski definition) is 5. The summed E-state index contributed by atoms with van der Waals surface area (Å²) in [5.41, 5.74) is 10.4. The quantitative estimate of drug-likeness (QED) is 0.172. The van der Waals surface area contributed by atoms with Crippen molar-refractivity contribution >= 4 is 29.4 Å². The second kappa shape index (κ2) is 11.8. The summed E-state index contributed by atoms with van der Waals surface area (Å²) in [4.78, 5) is 15.7. The number of aryl methyl sites for hydroxylation is 1. The summed E-state index contributed by atoms with van der Waals surface area (Å²) in [6, 6.07) is 9.73. The van der Waals surface area contributed by atoms with Crippen molar-refractivity contribution in [3.05, 3.63) is 83.1 Å². The van der Waals surface area contributed by atoms with Gasteiger partial charge in [0.05, 0.1) is 11.7 Å². The van der Waals surface area contributed by atoms with Crippen LogP contribution in [0.15, 0.2) is 59.7 Å². The van der Waals surface area contributed by atoms with Crippen molar-refractivity contribution in [2.45, 2.75) is 53.5 Å². The summed E-state index contributed by atoms with van der Waals surface area (Å²) >= 11 is 0. The van der Waals surface area contributed by atoms with Crippen molar-refractivity contribution < 1.29 is 8.78 Å². The van der Waals surface area contributed by atoms with Crippen molar-refractivity contribution in [2.24, 2.45) is 16.6 Å². The van der Waals surface area contributed by atoms with Gasteiger partial charge in [-0.15, -0.1) is 0 Å². The van der Waals surface area contributed by atoms with Gasteiger partial charge in [-0.3, -0.25) is 9.89 Å². The summed E-state index contributed by atoms with van der Waals surface area (Å²) < 4.78 is 30.0. The molecule has 204 valence electrons. The van der Waals surface area contributed by atoms with Crippen LogP contribution in [0, 0.1) is 24.5 Å². The van der Waals surface area contributed by atoms with Crippen LogP contribution in [0.2, 0.25) is 0 Å². The Morgan fingerprint density at radius 3 is 2.49 bits per heavy atom. The number of unbranched alkanes of at least 4 members (excludes halogenated alkanes) is 1. The fourth-order valence-electron chi connectivity index (χ4n) is 4.26. The molecule has 39 heavy (non-hydrogen) atoms. The number of aliphatic imine (C=N–C) groups is 1. The lowest BCUT2D eigenvalue weighted by molar-refractivity contribution is 0.531. The van der Waals surface area contributed by atoms with E-state index >= 15 is 8.78 Å². The average molecular weight is 531 g/mol. The van der Waals surface area contributed by atoms with Gasteiger partial charge in [-0.25, -0.2) is 13.8 Å². The molecule has 0 spiro atoms. The van der Waals surface area contributed by atoms with Crippen LogP contribution in [0.5, 0.6) is 0 Å². The van der Waals surface area contributed by atoms with Crippen LogP contribution in [0.25, 0.3) is 17.3 Å². The SMILES string of the molecule is C=C1C=Cc2c(-c3cc(C(N)=NC(C)C(C)C)ccc3C)nc(NCCCC)nc2N1c1c(F)cccc1F. The highest BCUT2D eigenvalue weighted by molar-refractivity contribution is 5.99. The molecule has 2 heterocycles. The highest BCUT2D eigenvalue weighted by Gasteiger charge is 2.29. The number of anilines is 3. The minimum atomic E-state index is -0.709. The van der Waals surface area contributed by atoms with Gasteiger partial charge in [-0.05, 0) is 62.1 Å². The molecule has 2 aromatic carbocycles. The lowest BCUT2D eigenvalue weighted by Crippen LogP contribution is -2.23. The molecule has 1 aromatic heterocycles. The summed E-state index contributed by atoms with van der Waals surface area (Å²) in [7, 11) is 0. The Morgan fingerprint density at radius 2 is 1.82 bits per heavy atom. The molecule has 0 saturated carbocycles. The Kier molecular flexibility index (Phi) is 8.43. The number of halogens is 2.